The summed E-state index contributed by atoms with van der Waals surface area (Å²) >= 11 is 0. The summed E-state index contributed by atoms with van der Waals surface area (Å²) in [5.74, 6) is -0.635. The molecule has 0 radical (unpaired) electrons. The number of amides is 3. The standard InChI is InChI=1S/C29H35FN4O6/c1-7-29(3,4)32-28(37)26(21-9-8-10-22(38-5)27(21)39-6)34(20-13-11-19(30)12-14-20)25(36)16-15-24(35)31-23-17-18(2)40-33-23/h8-14,17,26H,7,15-16H2,1-6H3,(H,32,37)(H,31,33,35)/t26-/m1/s1. The van der Waals surface area contributed by atoms with E-state index in [1.54, 1.807) is 31.2 Å². The Morgan fingerprint density at radius 3 is 2.35 bits per heavy atom. The first kappa shape index (κ1) is 30.1. The number of methoxy groups -OCH3 is 2. The number of halogens is 1. The molecular formula is C29H35FN4O6. The summed E-state index contributed by atoms with van der Waals surface area (Å²) in [5.41, 5.74) is 0.0129. The maximum Gasteiger partial charge on any atom is 0.248 e. The van der Waals surface area contributed by atoms with Crippen LogP contribution in [0.3, 0.4) is 0 Å². The minimum Gasteiger partial charge on any atom is -0.493 e. The van der Waals surface area contributed by atoms with E-state index in [0.29, 0.717) is 23.5 Å². The molecule has 0 aliphatic carbocycles. The number of anilines is 2. The van der Waals surface area contributed by atoms with Gasteiger partial charge in [-0.15, -0.1) is 0 Å². The number of carbonyl (C=O) groups is 3. The van der Waals surface area contributed by atoms with Crippen molar-refractivity contribution < 1.29 is 32.8 Å². The van der Waals surface area contributed by atoms with Crippen molar-refractivity contribution in [1.29, 1.82) is 0 Å². The predicted molar refractivity (Wildman–Crippen MR) is 148 cm³/mol. The van der Waals surface area contributed by atoms with Gasteiger partial charge in [-0.1, -0.05) is 24.2 Å². The lowest BCUT2D eigenvalue weighted by Gasteiger charge is -2.35. The molecule has 1 heterocycles. The van der Waals surface area contributed by atoms with Crippen molar-refractivity contribution in [2.75, 3.05) is 24.4 Å². The Bertz CT molecular complexity index is 1340. The summed E-state index contributed by atoms with van der Waals surface area (Å²) in [4.78, 5) is 41.7. The molecule has 10 nitrogen and oxygen atoms in total. The Balaban J connectivity index is 2.06. The Hall–Kier alpha value is -4.41. The lowest BCUT2D eigenvalue weighted by molar-refractivity contribution is -0.128. The molecule has 11 heteroatoms. The van der Waals surface area contributed by atoms with Crippen LogP contribution < -0.4 is 25.0 Å². The highest BCUT2D eigenvalue weighted by atomic mass is 19.1. The fourth-order valence-electron chi connectivity index (χ4n) is 4.03. The normalized spacial score (nSPS) is 11.9. The third-order valence-electron chi connectivity index (χ3n) is 6.41. The SMILES string of the molecule is CCC(C)(C)NC(=O)[C@@H](c1cccc(OC)c1OC)N(C(=O)CCC(=O)Nc1cc(C)on1)c1ccc(F)cc1. The van der Waals surface area contributed by atoms with E-state index in [0.717, 1.165) is 0 Å². The van der Waals surface area contributed by atoms with Crippen molar-refractivity contribution in [3.8, 4) is 11.5 Å². The van der Waals surface area contributed by atoms with Gasteiger partial charge in [0.1, 0.15) is 17.6 Å². The fourth-order valence-corrected chi connectivity index (χ4v) is 4.03. The second-order valence-electron chi connectivity index (χ2n) is 9.82. The summed E-state index contributed by atoms with van der Waals surface area (Å²) < 4.78 is 29.9. The number of aryl methyl sites for hydroxylation is 1. The Morgan fingerprint density at radius 1 is 1.07 bits per heavy atom. The van der Waals surface area contributed by atoms with E-state index in [-0.39, 0.29) is 30.1 Å². The first-order valence-electron chi connectivity index (χ1n) is 12.8. The largest absolute Gasteiger partial charge is 0.493 e. The van der Waals surface area contributed by atoms with Gasteiger partial charge in [0.15, 0.2) is 17.3 Å². The van der Waals surface area contributed by atoms with Gasteiger partial charge >= 0.3 is 0 Å². The van der Waals surface area contributed by atoms with Crippen LogP contribution >= 0.6 is 0 Å². The van der Waals surface area contributed by atoms with E-state index >= 15 is 0 Å². The number of ether oxygens (including phenoxy) is 2. The summed E-state index contributed by atoms with van der Waals surface area (Å²) in [6, 6.07) is 10.5. The van der Waals surface area contributed by atoms with Crippen LogP contribution in [0.1, 0.15) is 57.4 Å². The van der Waals surface area contributed by atoms with E-state index < -0.39 is 35.1 Å². The summed E-state index contributed by atoms with van der Waals surface area (Å²) in [6.07, 6.45) is 0.159. The molecule has 2 aromatic carbocycles. The average molecular weight is 555 g/mol. The first-order valence-corrected chi connectivity index (χ1v) is 12.8. The summed E-state index contributed by atoms with van der Waals surface area (Å²) in [6.45, 7) is 7.35. The van der Waals surface area contributed by atoms with Crippen LogP contribution in [0.15, 0.2) is 53.1 Å². The third kappa shape index (κ3) is 7.37. The molecule has 2 N–H and O–H groups in total. The van der Waals surface area contributed by atoms with Gasteiger partial charge in [-0.25, -0.2) is 4.39 Å². The molecule has 0 spiro atoms. The van der Waals surface area contributed by atoms with E-state index in [9.17, 15) is 18.8 Å². The zero-order valence-electron chi connectivity index (χ0n) is 23.5. The number of hydrogen-bond donors (Lipinski definition) is 2. The highest BCUT2D eigenvalue weighted by Gasteiger charge is 2.37. The topological polar surface area (TPSA) is 123 Å². The quantitative estimate of drug-likeness (QED) is 0.325. The van der Waals surface area contributed by atoms with Crippen molar-refractivity contribution in [1.82, 2.24) is 10.5 Å². The van der Waals surface area contributed by atoms with Gasteiger partial charge in [0.2, 0.25) is 17.7 Å². The average Bonchev–Trinajstić information content (AvgIpc) is 3.34. The molecule has 1 aromatic heterocycles. The number of aromatic nitrogens is 1. The third-order valence-corrected chi connectivity index (χ3v) is 6.41. The second-order valence-corrected chi connectivity index (χ2v) is 9.82. The van der Waals surface area contributed by atoms with Crippen LogP contribution in [0.25, 0.3) is 0 Å². The molecule has 3 amide bonds. The van der Waals surface area contributed by atoms with E-state index in [4.69, 9.17) is 14.0 Å². The number of rotatable bonds is 12. The lowest BCUT2D eigenvalue weighted by Crippen LogP contribution is -2.50. The number of benzene rings is 2. The smallest absolute Gasteiger partial charge is 0.248 e. The van der Waals surface area contributed by atoms with Crippen LogP contribution in [0.5, 0.6) is 11.5 Å². The van der Waals surface area contributed by atoms with Crippen molar-refractivity contribution in [2.24, 2.45) is 0 Å². The number of para-hydroxylation sites is 1. The first-order chi connectivity index (χ1) is 19.0. The van der Waals surface area contributed by atoms with Gasteiger partial charge in [0, 0.05) is 35.7 Å². The second kappa shape index (κ2) is 13.1. The molecule has 0 saturated carbocycles. The summed E-state index contributed by atoms with van der Waals surface area (Å²) in [7, 11) is 2.90. The lowest BCUT2D eigenvalue weighted by atomic mass is 9.97. The molecule has 1 atom stereocenters. The Kier molecular flexibility index (Phi) is 9.87. The minimum absolute atomic E-state index is 0.202. The molecule has 0 saturated heterocycles. The van der Waals surface area contributed by atoms with Crippen LogP contribution in [0.4, 0.5) is 15.9 Å². The van der Waals surface area contributed by atoms with Crippen molar-refractivity contribution in [3.05, 3.63) is 65.7 Å². The van der Waals surface area contributed by atoms with Crippen molar-refractivity contribution in [2.45, 2.75) is 58.5 Å². The van der Waals surface area contributed by atoms with E-state index in [1.807, 2.05) is 20.8 Å². The van der Waals surface area contributed by atoms with Gasteiger partial charge in [-0.3, -0.25) is 19.3 Å². The number of carbonyl (C=O) groups excluding carboxylic acids is 3. The van der Waals surface area contributed by atoms with Crippen LogP contribution in [-0.2, 0) is 14.4 Å². The minimum atomic E-state index is -1.24. The number of hydrogen-bond acceptors (Lipinski definition) is 7. The zero-order valence-corrected chi connectivity index (χ0v) is 23.5. The van der Waals surface area contributed by atoms with E-state index in [2.05, 4.69) is 15.8 Å². The van der Waals surface area contributed by atoms with Crippen LogP contribution in [-0.4, -0.2) is 42.6 Å². The predicted octanol–water partition coefficient (Wildman–Crippen LogP) is 4.94. The van der Waals surface area contributed by atoms with Crippen molar-refractivity contribution >= 4 is 29.2 Å². The highest BCUT2D eigenvalue weighted by molar-refractivity contribution is 6.03. The van der Waals surface area contributed by atoms with Gasteiger partial charge in [0.05, 0.1) is 14.2 Å². The maximum atomic E-state index is 14.0. The summed E-state index contributed by atoms with van der Waals surface area (Å²) in [5, 5.41) is 9.31. The molecule has 214 valence electrons. The Morgan fingerprint density at radius 2 is 1.77 bits per heavy atom. The van der Waals surface area contributed by atoms with Crippen LogP contribution in [0, 0.1) is 12.7 Å². The monoisotopic (exact) mass is 554 g/mol. The van der Waals surface area contributed by atoms with Gasteiger partial charge in [-0.05, 0) is 57.5 Å². The van der Waals surface area contributed by atoms with Gasteiger partial charge in [0.25, 0.3) is 0 Å². The molecule has 0 aliphatic heterocycles. The molecule has 0 fully saturated rings. The molecule has 0 bridgehead atoms. The number of nitrogens with zero attached hydrogens (tertiary/aromatic N) is 2. The van der Waals surface area contributed by atoms with E-state index in [1.165, 1.54) is 43.4 Å². The fraction of sp³-hybridized carbons (Fsp3) is 0.379. The number of nitrogens with one attached hydrogen (secondary N) is 2. The van der Waals surface area contributed by atoms with Gasteiger partial charge in [-0.2, -0.15) is 0 Å². The molecular weight excluding hydrogens is 519 g/mol. The van der Waals surface area contributed by atoms with Gasteiger partial charge < -0.3 is 24.6 Å². The molecule has 3 aromatic rings. The zero-order chi connectivity index (χ0) is 29.4. The molecule has 0 aliphatic rings. The highest BCUT2D eigenvalue weighted by Crippen LogP contribution is 2.39. The van der Waals surface area contributed by atoms with Crippen LogP contribution in [0.2, 0.25) is 0 Å². The Labute approximate surface area is 232 Å². The molecule has 40 heavy (non-hydrogen) atoms. The van der Waals surface area contributed by atoms with Crippen molar-refractivity contribution in [3.63, 3.8) is 0 Å². The molecule has 0 unspecified atom stereocenters. The molecule has 3 rings (SSSR count). The maximum absolute atomic E-state index is 14.0.